The van der Waals surface area contributed by atoms with Crippen LogP contribution >= 0.6 is 0 Å². The molecule has 0 saturated carbocycles. The normalized spacial score (nSPS) is 11.4. The molecular weight excluding hydrogens is 276 g/mol. The third-order valence-corrected chi connectivity index (χ3v) is 3.58. The van der Waals surface area contributed by atoms with Gasteiger partial charge in [-0.1, -0.05) is 30.3 Å². The van der Waals surface area contributed by atoms with Gasteiger partial charge in [-0.3, -0.25) is 4.79 Å². The Balaban J connectivity index is 2.15. The summed E-state index contributed by atoms with van der Waals surface area (Å²) in [6.45, 7) is 3.70. The molecule has 0 atom stereocenters. The van der Waals surface area contributed by atoms with E-state index in [2.05, 4.69) is 5.10 Å². The summed E-state index contributed by atoms with van der Waals surface area (Å²) in [5, 5.41) is 16.2. The minimum absolute atomic E-state index is 0.139. The summed E-state index contributed by atoms with van der Waals surface area (Å²) >= 11 is 0. The molecule has 0 aliphatic heterocycles. The number of rotatable bonds is 2. The number of aryl methyl sites for hydroxylation is 2. The van der Waals surface area contributed by atoms with Crippen molar-refractivity contribution in [3.63, 3.8) is 0 Å². The van der Waals surface area contributed by atoms with Crippen molar-refractivity contribution in [2.24, 2.45) is 5.10 Å². The monoisotopic (exact) mass is 292 g/mol. The number of aromatic nitrogens is 1. The zero-order valence-corrected chi connectivity index (χ0v) is 12.4. The Kier molecular flexibility index (Phi) is 3.51. The van der Waals surface area contributed by atoms with Crippen molar-refractivity contribution in [1.29, 1.82) is 0 Å². The largest absolute Gasteiger partial charge is 0.507 e. The fourth-order valence-electron chi connectivity index (χ4n) is 2.55. The van der Waals surface area contributed by atoms with Gasteiger partial charge in [0.25, 0.3) is 5.56 Å². The van der Waals surface area contributed by atoms with E-state index in [1.807, 2.05) is 50.2 Å². The molecule has 110 valence electrons. The van der Waals surface area contributed by atoms with Gasteiger partial charge in [0.2, 0.25) is 0 Å². The van der Waals surface area contributed by atoms with Gasteiger partial charge in [0.15, 0.2) is 0 Å². The molecule has 4 nitrogen and oxygen atoms in total. The van der Waals surface area contributed by atoms with Crippen LogP contribution in [0.25, 0.3) is 10.8 Å². The molecular formula is C18H16N2O2. The van der Waals surface area contributed by atoms with Crippen LogP contribution in [0.15, 0.2) is 58.4 Å². The lowest BCUT2D eigenvalue weighted by Gasteiger charge is -2.06. The molecule has 0 radical (unpaired) electrons. The van der Waals surface area contributed by atoms with Gasteiger partial charge in [0.1, 0.15) is 5.75 Å². The van der Waals surface area contributed by atoms with Crippen LogP contribution in [-0.2, 0) is 0 Å². The maximum Gasteiger partial charge on any atom is 0.271 e. The van der Waals surface area contributed by atoms with Crippen LogP contribution in [0.3, 0.4) is 0 Å². The van der Waals surface area contributed by atoms with E-state index in [-0.39, 0.29) is 11.3 Å². The van der Waals surface area contributed by atoms with Gasteiger partial charge in [0.05, 0.1) is 6.21 Å². The summed E-state index contributed by atoms with van der Waals surface area (Å²) < 4.78 is 1.33. The first-order valence-electron chi connectivity index (χ1n) is 7.01. The molecule has 2 aromatic carbocycles. The van der Waals surface area contributed by atoms with Gasteiger partial charge in [-0.05, 0) is 42.3 Å². The number of phenols is 1. The van der Waals surface area contributed by atoms with Crippen molar-refractivity contribution >= 4 is 17.0 Å². The molecule has 3 aromatic rings. The average molecular weight is 292 g/mol. The first-order chi connectivity index (χ1) is 10.6. The van der Waals surface area contributed by atoms with Crippen LogP contribution in [-0.4, -0.2) is 16.0 Å². The van der Waals surface area contributed by atoms with Crippen LogP contribution in [0.4, 0.5) is 0 Å². The van der Waals surface area contributed by atoms with Gasteiger partial charge >= 0.3 is 0 Å². The average Bonchev–Trinajstić information content (AvgIpc) is 2.48. The Labute approximate surface area is 128 Å². The highest BCUT2D eigenvalue weighted by Gasteiger charge is 2.05. The Morgan fingerprint density at radius 1 is 1.09 bits per heavy atom. The Morgan fingerprint density at radius 2 is 1.86 bits per heavy atom. The van der Waals surface area contributed by atoms with E-state index < -0.39 is 0 Å². The molecule has 3 rings (SSSR count). The topological polar surface area (TPSA) is 54.6 Å². The van der Waals surface area contributed by atoms with Crippen LogP contribution in [0.5, 0.6) is 5.75 Å². The zero-order chi connectivity index (χ0) is 15.7. The lowest BCUT2D eigenvalue weighted by Crippen LogP contribution is -2.18. The van der Waals surface area contributed by atoms with E-state index in [0.29, 0.717) is 5.56 Å². The van der Waals surface area contributed by atoms with Gasteiger partial charge < -0.3 is 5.11 Å². The number of nitrogens with zero attached hydrogens (tertiary/aromatic N) is 2. The number of aromatic hydroxyl groups is 1. The lowest BCUT2D eigenvalue weighted by atomic mass is 10.0. The molecule has 1 heterocycles. The van der Waals surface area contributed by atoms with Crippen molar-refractivity contribution in [2.45, 2.75) is 13.8 Å². The molecule has 1 aromatic heterocycles. The summed E-state index contributed by atoms with van der Waals surface area (Å²) in [5.74, 6) is 0.139. The maximum atomic E-state index is 12.0. The van der Waals surface area contributed by atoms with Crippen molar-refractivity contribution in [2.75, 3.05) is 0 Å². The minimum Gasteiger partial charge on any atom is -0.507 e. The number of hydrogen-bond donors (Lipinski definition) is 1. The fraction of sp³-hybridized carbons (Fsp3) is 0.111. The molecule has 22 heavy (non-hydrogen) atoms. The second kappa shape index (κ2) is 5.48. The highest BCUT2D eigenvalue weighted by molar-refractivity contribution is 6.02. The molecule has 0 aliphatic carbocycles. The lowest BCUT2D eigenvalue weighted by molar-refractivity contribution is 0.475. The number of pyridine rings is 1. The molecule has 0 amide bonds. The second-order valence-electron chi connectivity index (χ2n) is 5.29. The first-order valence-corrected chi connectivity index (χ1v) is 7.01. The molecule has 0 saturated heterocycles. The zero-order valence-electron chi connectivity index (χ0n) is 12.4. The SMILES string of the molecule is Cc1cc(C)n(/N=C\c2c(O)ccc3ccccc23)c(=O)c1. The molecule has 0 spiro atoms. The van der Waals surface area contributed by atoms with Crippen LogP contribution < -0.4 is 5.56 Å². The molecule has 0 aliphatic rings. The summed E-state index contributed by atoms with van der Waals surface area (Å²) in [7, 11) is 0. The number of fused-ring (bicyclic) bond motifs is 1. The highest BCUT2D eigenvalue weighted by atomic mass is 16.3. The third-order valence-electron chi connectivity index (χ3n) is 3.58. The van der Waals surface area contributed by atoms with Crippen molar-refractivity contribution < 1.29 is 5.11 Å². The van der Waals surface area contributed by atoms with E-state index in [1.54, 1.807) is 6.07 Å². The van der Waals surface area contributed by atoms with E-state index in [9.17, 15) is 9.90 Å². The van der Waals surface area contributed by atoms with Gasteiger partial charge in [-0.15, -0.1) is 0 Å². The standard InChI is InChI=1S/C18H16N2O2/c1-12-9-13(2)20(18(22)10-12)19-11-16-15-6-4-3-5-14(15)7-8-17(16)21/h3-11,21H,1-2H3/b19-11-. The number of phenolic OH excluding ortho intramolecular Hbond substituents is 1. The Morgan fingerprint density at radius 3 is 2.64 bits per heavy atom. The van der Waals surface area contributed by atoms with E-state index in [1.165, 1.54) is 17.0 Å². The summed E-state index contributed by atoms with van der Waals surface area (Å²) in [6, 6.07) is 14.6. The summed E-state index contributed by atoms with van der Waals surface area (Å²) in [6.07, 6.45) is 1.53. The predicted octanol–water partition coefficient (Wildman–Crippen LogP) is 3.21. The van der Waals surface area contributed by atoms with Crippen molar-refractivity contribution in [3.8, 4) is 5.75 Å². The third kappa shape index (κ3) is 2.51. The second-order valence-corrected chi connectivity index (χ2v) is 5.29. The number of hydrogen-bond acceptors (Lipinski definition) is 3. The van der Waals surface area contributed by atoms with E-state index >= 15 is 0 Å². The van der Waals surface area contributed by atoms with E-state index in [0.717, 1.165) is 22.0 Å². The molecule has 0 bridgehead atoms. The molecule has 4 heteroatoms. The summed E-state index contributed by atoms with van der Waals surface area (Å²) in [4.78, 5) is 12.0. The smallest absolute Gasteiger partial charge is 0.271 e. The van der Waals surface area contributed by atoms with Crippen LogP contribution in [0.1, 0.15) is 16.8 Å². The van der Waals surface area contributed by atoms with Crippen molar-refractivity contribution in [1.82, 2.24) is 4.68 Å². The van der Waals surface area contributed by atoms with Crippen molar-refractivity contribution in [3.05, 3.63) is 75.7 Å². The molecule has 0 fully saturated rings. The van der Waals surface area contributed by atoms with Crippen LogP contribution in [0, 0.1) is 13.8 Å². The maximum absolute atomic E-state index is 12.0. The number of benzene rings is 2. The Bertz CT molecular complexity index is 939. The molecule has 1 N–H and O–H groups in total. The van der Waals surface area contributed by atoms with Gasteiger partial charge in [-0.25, -0.2) is 4.68 Å². The summed E-state index contributed by atoms with van der Waals surface area (Å²) in [5.41, 5.74) is 2.07. The predicted molar refractivity (Wildman–Crippen MR) is 88.8 cm³/mol. The van der Waals surface area contributed by atoms with Gasteiger partial charge in [0, 0.05) is 17.3 Å². The van der Waals surface area contributed by atoms with E-state index in [4.69, 9.17) is 0 Å². The quantitative estimate of drug-likeness (QED) is 0.737. The van der Waals surface area contributed by atoms with Gasteiger partial charge in [-0.2, -0.15) is 5.10 Å². The fourth-order valence-corrected chi connectivity index (χ4v) is 2.55. The van der Waals surface area contributed by atoms with Crippen LogP contribution in [0.2, 0.25) is 0 Å². The highest BCUT2D eigenvalue weighted by Crippen LogP contribution is 2.25. The Hall–Kier alpha value is -2.88. The minimum atomic E-state index is -0.187. The first kappa shape index (κ1) is 14.1. The molecule has 0 unspecified atom stereocenters.